The van der Waals surface area contributed by atoms with Crippen LogP contribution in [0.3, 0.4) is 0 Å². The third-order valence-electron chi connectivity index (χ3n) is 7.04. The van der Waals surface area contributed by atoms with Gasteiger partial charge in [0.2, 0.25) is 0 Å². The van der Waals surface area contributed by atoms with E-state index in [-0.39, 0.29) is 18.8 Å². The number of piperidine rings is 1. The monoisotopic (exact) mass is 499 g/mol. The van der Waals surface area contributed by atoms with Gasteiger partial charge in [-0.2, -0.15) is 21.6 Å². The molecule has 34 heavy (non-hydrogen) atoms. The summed E-state index contributed by atoms with van der Waals surface area (Å²) >= 11 is 0. The fourth-order valence-electron chi connectivity index (χ4n) is 4.80. The number of hydrogen-bond donors (Lipinski definition) is 0. The number of allylic oxidation sites excluding steroid dienone is 2. The lowest BCUT2D eigenvalue weighted by Gasteiger charge is -2.35. The molecule has 1 saturated heterocycles. The first-order chi connectivity index (χ1) is 16.0. The second kappa shape index (κ2) is 9.84. The Bertz CT molecular complexity index is 1050. The van der Waals surface area contributed by atoms with Gasteiger partial charge < -0.3 is 13.8 Å². The zero-order valence-electron chi connectivity index (χ0n) is 19.5. The molecule has 2 aliphatic carbocycles. The molecule has 1 heterocycles. The van der Waals surface area contributed by atoms with Gasteiger partial charge in [0.15, 0.2) is 0 Å². The molecule has 9 heteroatoms. The summed E-state index contributed by atoms with van der Waals surface area (Å²) in [5, 5.41) is 0. The van der Waals surface area contributed by atoms with Crippen molar-refractivity contribution in [2.24, 2.45) is 5.92 Å². The minimum Gasteiger partial charge on any atom is -0.489 e. The summed E-state index contributed by atoms with van der Waals surface area (Å²) in [7, 11) is -5.67. The van der Waals surface area contributed by atoms with E-state index in [1.807, 2.05) is 13.0 Å². The van der Waals surface area contributed by atoms with Crippen molar-refractivity contribution in [2.75, 3.05) is 19.7 Å². The largest absolute Gasteiger partial charge is 0.534 e. The Morgan fingerprint density at radius 2 is 1.79 bits per heavy atom. The number of likely N-dealkylation sites (tertiary alicyclic amines) is 1. The third-order valence-corrected chi connectivity index (χ3v) is 8.03. The number of benzene rings is 1. The maximum Gasteiger partial charge on any atom is 0.534 e. The first-order valence-corrected chi connectivity index (χ1v) is 13.3. The fraction of sp³-hybridized carbons (Fsp3) is 0.600. The molecule has 1 saturated carbocycles. The Morgan fingerprint density at radius 1 is 1.12 bits per heavy atom. The molecule has 0 atom stereocenters. The SMILES string of the molecule is C=C(C1CC1)N1CCC(c2ccc(OCC3=C(OS(=O)(=O)C(F)(F)F)CCCC3)c(C)c2)CC1. The Hall–Kier alpha value is -2.16. The van der Waals surface area contributed by atoms with Gasteiger partial charge in [0, 0.05) is 30.8 Å². The molecule has 5 nitrogen and oxygen atoms in total. The molecular formula is C25H32F3NO4S. The van der Waals surface area contributed by atoms with Crippen molar-refractivity contribution in [3.05, 3.63) is 52.9 Å². The quantitative estimate of drug-likeness (QED) is 0.316. The first kappa shape index (κ1) is 24.9. The van der Waals surface area contributed by atoms with E-state index in [2.05, 4.69) is 27.8 Å². The summed E-state index contributed by atoms with van der Waals surface area (Å²) in [5.41, 5.74) is -1.48. The molecule has 188 valence electrons. The van der Waals surface area contributed by atoms with Crippen LogP contribution in [0.4, 0.5) is 13.2 Å². The van der Waals surface area contributed by atoms with Crippen LogP contribution in [0, 0.1) is 12.8 Å². The third kappa shape index (κ3) is 5.73. The molecule has 2 fully saturated rings. The van der Waals surface area contributed by atoms with E-state index in [4.69, 9.17) is 4.74 Å². The van der Waals surface area contributed by atoms with Crippen molar-refractivity contribution in [1.82, 2.24) is 4.90 Å². The van der Waals surface area contributed by atoms with Crippen molar-refractivity contribution in [3.63, 3.8) is 0 Å². The zero-order valence-corrected chi connectivity index (χ0v) is 20.3. The molecule has 1 aromatic rings. The van der Waals surface area contributed by atoms with Crippen molar-refractivity contribution in [1.29, 1.82) is 0 Å². The minimum atomic E-state index is -5.67. The van der Waals surface area contributed by atoms with Gasteiger partial charge in [0.05, 0.1) is 0 Å². The zero-order chi connectivity index (χ0) is 24.5. The van der Waals surface area contributed by atoms with E-state index in [1.54, 1.807) is 0 Å². The molecule has 1 aromatic carbocycles. The number of halogens is 3. The van der Waals surface area contributed by atoms with E-state index in [0.717, 1.165) is 37.9 Å². The average Bonchev–Trinajstić information content (AvgIpc) is 3.63. The molecule has 0 bridgehead atoms. The summed E-state index contributed by atoms with van der Waals surface area (Å²) < 4.78 is 71.4. The highest BCUT2D eigenvalue weighted by molar-refractivity contribution is 7.87. The van der Waals surface area contributed by atoms with Crippen LogP contribution in [0.1, 0.15) is 68.4 Å². The van der Waals surface area contributed by atoms with E-state index in [9.17, 15) is 21.6 Å². The molecule has 4 rings (SSSR count). The predicted molar refractivity (Wildman–Crippen MR) is 124 cm³/mol. The number of aryl methyl sites for hydroxylation is 1. The second-order valence-corrected chi connectivity index (χ2v) is 11.1. The Kier molecular flexibility index (Phi) is 7.22. The van der Waals surface area contributed by atoms with E-state index >= 15 is 0 Å². The number of hydrogen-bond acceptors (Lipinski definition) is 5. The van der Waals surface area contributed by atoms with Gasteiger partial charge >= 0.3 is 15.6 Å². The second-order valence-electron chi connectivity index (χ2n) is 9.56. The van der Waals surface area contributed by atoms with Gasteiger partial charge in [-0.05, 0) is 80.9 Å². The van der Waals surface area contributed by atoms with Gasteiger partial charge in [0.1, 0.15) is 18.1 Å². The highest BCUT2D eigenvalue weighted by Crippen LogP contribution is 2.40. The Balaban J connectivity index is 1.37. The highest BCUT2D eigenvalue weighted by Gasteiger charge is 2.49. The lowest BCUT2D eigenvalue weighted by atomic mass is 9.88. The molecule has 0 unspecified atom stereocenters. The first-order valence-electron chi connectivity index (χ1n) is 11.9. The van der Waals surface area contributed by atoms with Gasteiger partial charge in [-0.1, -0.05) is 18.7 Å². The van der Waals surface area contributed by atoms with E-state index in [0.29, 0.717) is 36.0 Å². The minimum absolute atomic E-state index is 0.00453. The smallest absolute Gasteiger partial charge is 0.489 e. The average molecular weight is 500 g/mol. The molecular weight excluding hydrogens is 467 g/mol. The van der Waals surface area contributed by atoms with Crippen molar-refractivity contribution >= 4 is 10.1 Å². The van der Waals surface area contributed by atoms with Crippen LogP contribution >= 0.6 is 0 Å². The lowest BCUT2D eigenvalue weighted by Crippen LogP contribution is -2.32. The van der Waals surface area contributed by atoms with Gasteiger partial charge in [0.25, 0.3) is 0 Å². The maximum absolute atomic E-state index is 12.7. The molecule has 0 amide bonds. The van der Waals surface area contributed by atoms with Crippen LogP contribution in [0.25, 0.3) is 0 Å². The molecule has 0 N–H and O–H groups in total. The topological polar surface area (TPSA) is 55.8 Å². The summed E-state index contributed by atoms with van der Waals surface area (Å²) in [5.74, 6) is 1.66. The van der Waals surface area contributed by atoms with Crippen molar-refractivity contribution in [3.8, 4) is 5.75 Å². The molecule has 3 aliphatic rings. The highest BCUT2D eigenvalue weighted by atomic mass is 32.2. The molecule has 0 spiro atoms. The van der Waals surface area contributed by atoms with Crippen LogP contribution in [0.2, 0.25) is 0 Å². The van der Waals surface area contributed by atoms with Crippen LogP contribution in [0.5, 0.6) is 5.75 Å². The van der Waals surface area contributed by atoms with Gasteiger partial charge in [-0.15, -0.1) is 0 Å². The lowest BCUT2D eigenvalue weighted by molar-refractivity contribution is -0.0525. The molecule has 0 radical (unpaired) electrons. The predicted octanol–water partition coefficient (Wildman–Crippen LogP) is 6.17. The summed E-state index contributed by atoms with van der Waals surface area (Å²) in [6, 6.07) is 6.07. The van der Waals surface area contributed by atoms with E-state index < -0.39 is 15.6 Å². The van der Waals surface area contributed by atoms with Crippen LogP contribution < -0.4 is 4.74 Å². The summed E-state index contributed by atoms with van der Waals surface area (Å²) in [6.45, 7) is 8.27. The van der Waals surface area contributed by atoms with E-state index in [1.165, 1.54) is 24.1 Å². The van der Waals surface area contributed by atoms with Crippen LogP contribution in [0.15, 0.2) is 41.8 Å². The van der Waals surface area contributed by atoms with Crippen molar-refractivity contribution in [2.45, 2.75) is 69.7 Å². The molecule has 1 aliphatic heterocycles. The number of ether oxygens (including phenoxy) is 1. The maximum atomic E-state index is 12.7. The summed E-state index contributed by atoms with van der Waals surface area (Å²) in [6.07, 6.45) is 6.61. The standard InChI is InChI=1S/C25H32F3NO4S/c1-17-15-21(20-11-13-29(14-12-20)18(2)19-7-8-19)9-10-23(17)32-16-22-5-3-4-6-24(22)33-34(30,31)25(26,27)28/h9-10,15,19-20H,2-8,11-14,16H2,1H3. The van der Waals surface area contributed by atoms with Crippen LogP contribution in [-0.2, 0) is 14.3 Å². The normalized spacial score (nSPS) is 20.4. The number of rotatable bonds is 8. The van der Waals surface area contributed by atoms with Crippen molar-refractivity contribution < 1.29 is 30.5 Å². The summed E-state index contributed by atoms with van der Waals surface area (Å²) in [4.78, 5) is 2.43. The number of nitrogens with zero attached hydrogens (tertiary/aromatic N) is 1. The fourth-order valence-corrected chi connectivity index (χ4v) is 5.36. The van der Waals surface area contributed by atoms with Crippen LogP contribution in [-0.4, -0.2) is 38.5 Å². The number of alkyl halides is 3. The van der Waals surface area contributed by atoms with Gasteiger partial charge in [-0.3, -0.25) is 0 Å². The Labute approximate surface area is 199 Å². The molecule has 0 aromatic heterocycles. The van der Waals surface area contributed by atoms with Gasteiger partial charge in [-0.25, -0.2) is 0 Å². The Morgan fingerprint density at radius 3 is 2.41 bits per heavy atom.